The third-order valence-corrected chi connectivity index (χ3v) is 5.68. The predicted molar refractivity (Wildman–Crippen MR) is 111 cm³/mol. The van der Waals surface area contributed by atoms with Crippen LogP contribution in [0.25, 0.3) is 0 Å². The SMILES string of the molecule is [2H]O[C@H]1CC(=O)OC(CC[C@@H]2[C@@H]3C(=C([2H])[C@]([2H])(C)C([2H])([2H])C3OC(=O)[C@H](CC)C([2H])([2H])[2H])C([2H])=C([2H])[C@]2([2H])C)C1. The summed E-state index contributed by atoms with van der Waals surface area (Å²) >= 11 is 0. The van der Waals surface area contributed by atoms with E-state index < -0.39 is 91.2 Å². The highest BCUT2D eigenvalue weighted by atomic mass is 16.5. The first-order valence-corrected chi connectivity index (χ1v) is 10.1. The second kappa shape index (κ2) is 9.46. The molecule has 5 nitrogen and oxygen atoms in total. The van der Waals surface area contributed by atoms with Crippen LogP contribution in [0.15, 0.2) is 23.7 Å². The van der Waals surface area contributed by atoms with Gasteiger partial charge in [-0.2, -0.15) is 0 Å². The number of carbonyl (C=O) groups is 2. The van der Waals surface area contributed by atoms with Gasteiger partial charge in [-0.25, -0.2) is 0 Å². The molecule has 0 saturated carbocycles. The van der Waals surface area contributed by atoms with E-state index in [2.05, 4.69) is 5.11 Å². The van der Waals surface area contributed by atoms with Crippen molar-refractivity contribution in [3.63, 3.8) is 0 Å². The number of ether oxygens (including phenoxy) is 2. The van der Waals surface area contributed by atoms with E-state index >= 15 is 0 Å². The minimum atomic E-state index is -2.75. The van der Waals surface area contributed by atoms with Gasteiger partial charge in [0.25, 0.3) is 0 Å². The van der Waals surface area contributed by atoms with Crippen LogP contribution in [0.2, 0.25) is 0 Å². The first kappa shape index (κ1) is 11.7. The highest BCUT2D eigenvalue weighted by Crippen LogP contribution is 2.45. The molecule has 3 rings (SSSR count). The van der Waals surface area contributed by atoms with Gasteiger partial charge in [-0.15, -0.1) is 0 Å². The van der Waals surface area contributed by atoms with Crippen molar-refractivity contribution < 1.29 is 37.9 Å². The average molecular weight is 416 g/mol. The summed E-state index contributed by atoms with van der Waals surface area (Å²) in [5.41, 5.74) is -0.194. The predicted octanol–water partition coefficient (Wildman–Crippen LogP) is 4.20. The van der Waals surface area contributed by atoms with E-state index in [1.165, 1.54) is 13.8 Å². The van der Waals surface area contributed by atoms with Gasteiger partial charge in [-0.05, 0) is 48.9 Å². The molecule has 29 heavy (non-hydrogen) atoms. The number of hydrogen-bond donors (Lipinski definition) is 1. The molecular weight excluding hydrogens is 368 g/mol. The standard InChI is InChI=1S/C24H36O5/c1-5-15(3)24(27)29-21-11-14(2)10-17-7-6-16(4)20(23(17)21)9-8-19-12-18(25)13-22(26)28-19/h6-7,10,14-16,18-21,23,25H,5,8-9,11-13H2,1-4H3/t14-,15-,16-,18+,19?,20-,21?,23-/m0/s1/i3D3,6D,7D,10D,11D2,14D,16D,25D. The van der Waals surface area contributed by atoms with Crippen LogP contribution in [-0.4, -0.2) is 36.8 Å². The van der Waals surface area contributed by atoms with E-state index in [1.807, 2.05) is 0 Å². The average Bonchev–Trinajstić information content (AvgIpc) is 2.83. The van der Waals surface area contributed by atoms with Crippen LogP contribution in [0.5, 0.6) is 0 Å². The van der Waals surface area contributed by atoms with Crippen molar-refractivity contribution in [3.05, 3.63) is 23.7 Å². The molecule has 0 aromatic carbocycles. The number of aliphatic hydroxyl groups is 1. The monoisotopic (exact) mass is 415 g/mol. The topological polar surface area (TPSA) is 72.8 Å². The minimum Gasteiger partial charge on any atom is -0.462 e. The molecule has 5 heteroatoms. The highest BCUT2D eigenvalue weighted by Gasteiger charge is 2.42. The van der Waals surface area contributed by atoms with Crippen molar-refractivity contribution in [2.75, 3.05) is 0 Å². The van der Waals surface area contributed by atoms with Gasteiger partial charge >= 0.3 is 11.9 Å². The van der Waals surface area contributed by atoms with E-state index in [1.54, 1.807) is 0 Å². The molecule has 1 heterocycles. The molecule has 0 aromatic rings. The molecule has 1 fully saturated rings. The maximum absolute atomic E-state index is 13.2. The number of allylic oxidation sites excluding steroid dienone is 3. The summed E-state index contributed by atoms with van der Waals surface area (Å²) in [5.74, 6) is -9.92. The number of esters is 2. The molecule has 2 aliphatic carbocycles. The van der Waals surface area contributed by atoms with Crippen LogP contribution in [0, 0.1) is 29.5 Å². The first-order chi connectivity index (χ1) is 18.2. The Labute approximate surface area is 190 Å². The Kier molecular flexibility index (Phi) is 3.81. The van der Waals surface area contributed by atoms with Crippen LogP contribution in [-0.2, 0) is 19.1 Å². The fraction of sp³-hybridized carbons (Fsp3) is 0.750. The number of cyclic esters (lactones) is 1. The third kappa shape index (κ3) is 5.30. The van der Waals surface area contributed by atoms with Crippen LogP contribution < -0.4 is 0 Å². The summed E-state index contributed by atoms with van der Waals surface area (Å²) in [5, 5.41) is 4.57. The maximum atomic E-state index is 13.2. The Morgan fingerprint density at radius 1 is 1.55 bits per heavy atom. The molecule has 0 spiro atoms. The van der Waals surface area contributed by atoms with Crippen molar-refractivity contribution in [1.29, 1.82) is 1.43 Å². The van der Waals surface area contributed by atoms with Crippen LogP contribution in [0.3, 0.4) is 0 Å². The molecule has 162 valence electrons. The zero-order chi connectivity index (χ0) is 30.6. The number of fused-ring (bicyclic) bond motifs is 1. The van der Waals surface area contributed by atoms with E-state index in [0.717, 1.165) is 6.92 Å². The summed E-state index contributed by atoms with van der Waals surface area (Å²) in [4.78, 5) is 25.2. The lowest BCUT2D eigenvalue weighted by atomic mass is 9.65. The normalized spacial score (nSPS) is 51.6. The molecule has 0 amide bonds. The Morgan fingerprint density at radius 3 is 3.10 bits per heavy atom. The molecule has 0 bridgehead atoms. The van der Waals surface area contributed by atoms with Crippen molar-refractivity contribution in [3.8, 4) is 0 Å². The lowest BCUT2D eigenvalue weighted by Crippen LogP contribution is -2.42. The van der Waals surface area contributed by atoms with Gasteiger partial charge in [0.05, 0.1) is 22.6 Å². The Morgan fingerprint density at radius 2 is 2.38 bits per heavy atom. The zero-order valence-electron chi connectivity index (χ0n) is 28.0. The first-order valence-electron chi connectivity index (χ1n) is 15.6. The lowest BCUT2D eigenvalue weighted by Gasteiger charge is -2.43. The van der Waals surface area contributed by atoms with Gasteiger partial charge < -0.3 is 14.6 Å². The van der Waals surface area contributed by atoms with E-state index in [-0.39, 0.29) is 37.7 Å². The molecular formula is C24H36O5. The fourth-order valence-corrected chi connectivity index (χ4v) is 4.09. The van der Waals surface area contributed by atoms with Crippen LogP contribution >= 0.6 is 0 Å². The van der Waals surface area contributed by atoms with Crippen LogP contribution in [0.4, 0.5) is 0 Å². The molecule has 0 radical (unpaired) electrons. The van der Waals surface area contributed by atoms with Gasteiger partial charge in [-0.1, -0.05) is 45.8 Å². The summed E-state index contributed by atoms with van der Waals surface area (Å²) in [6.07, 6.45) is -5.91. The van der Waals surface area contributed by atoms with Gasteiger partial charge in [0.1, 0.15) is 12.2 Å². The van der Waals surface area contributed by atoms with Crippen LogP contribution in [0.1, 0.15) is 79.8 Å². The molecule has 8 atom stereocenters. The molecule has 1 saturated heterocycles. The Balaban J connectivity index is 2.13. The summed E-state index contributed by atoms with van der Waals surface area (Å²) in [7, 11) is 0. The Bertz CT molecular complexity index is 1080. The van der Waals surface area contributed by atoms with Crippen molar-refractivity contribution >= 4 is 11.9 Å². The smallest absolute Gasteiger partial charge is 0.308 e. The number of aliphatic hydroxyl groups excluding tert-OH is 1. The second-order valence-corrected chi connectivity index (χ2v) is 7.94. The number of rotatable bonds is 7. The van der Waals surface area contributed by atoms with E-state index in [0.29, 0.717) is 0 Å². The summed E-state index contributed by atoms with van der Waals surface area (Å²) in [6, 6.07) is -1.58. The molecule has 1 aliphatic heterocycles. The highest BCUT2D eigenvalue weighted by molar-refractivity contribution is 5.72. The lowest BCUT2D eigenvalue weighted by molar-refractivity contribution is -0.162. The largest absolute Gasteiger partial charge is 0.462 e. The zero-order valence-corrected chi connectivity index (χ0v) is 17.0. The van der Waals surface area contributed by atoms with Gasteiger partial charge in [-0.3, -0.25) is 9.59 Å². The minimum absolute atomic E-state index is 0.00902. The van der Waals surface area contributed by atoms with Crippen molar-refractivity contribution in [2.24, 2.45) is 29.5 Å². The van der Waals surface area contributed by atoms with E-state index in [9.17, 15) is 9.59 Å². The number of carbonyl (C=O) groups excluding carboxylic acids is 2. The molecule has 2 unspecified atom stereocenters. The summed E-state index contributed by atoms with van der Waals surface area (Å²) in [6.45, 7) is 1.18. The molecule has 3 aliphatic rings. The summed E-state index contributed by atoms with van der Waals surface area (Å²) < 4.78 is 103. The quantitative estimate of drug-likeness (QED) is 0.631. The molecule has 0 aromatic heterocycles. The fourth-order valence-electron chi connectivity index (χ4n) is 4.09. The van der Waals surface area contributed by atoms with Gasteiger partial charge in [0.15, 0.2) is 0 Å². The molecule has 1 N–H and O–H groups in total. The van der Waals surface area contributed by atoms with E-state index in [4.69, 9.17) is 24.6 Å². The van der Waals surface area contributed by atoms with Gasteiger partial charge in [0, 0.05) is 21.9 Å². The second-order valence-electron chi connectivity index (χ2n) is 7.94. The van der Waals surface area contributed by atoms with Crippen molar-refractivity contribution in [1.82, 2.24) is 0 Å². The Hall–Kier alpha value is -1.62. The number of hydrogen-bond acceptors (Lipinski definition) is 5. The third-order valence-electron chi connectivity index (χ3n) is 5.68. The van der Waals surface area contributed by atoms with Gasteiger partial charge in [0.2, 0.25) is 1.43 Å². The van der Waals surface area contributed by atoms with Crippen molar-refractivity contribution in [2.45, 2.75) is 84.4 Å². The maximum Gasteiger partial charge on any atom is 0.308 e.